The van der Waals surface area contributed by atoms with Crippen LogP contribution in [0.25, 0.3) is 0 Å². The third-order valence-electron chi connectivity index (χ3n) is 5.05. The Morgan fingerprint density at radius 2 is 1.85 bits per heavy atom. The Bertz CT molecular complexity index is 434. The number of benzene rings is 1. The van der Waals surface area contributed by atoms with Crippen LogP contribution in [0.2, 0.25) is 0 Å². The number of hydrogen-bond acceptors (Lipinski definition) is 2. The summed E-state index contributed by atoms with van der Waals surface area (Å²) in [6.45, 7) is 1.09. The van der Waals surface area contributed by atoms with Crippen LogP contribution in [0.1, 0.15) is 56.4 Å². The van der Waals surface area contributed by atoms with Gasteiger partial charge >= 0.3 is 0 Å². The summed E-state index contributed by atoms with van der Waals surface area (Å²) in [5.74, 6) is 1.31. The lowest BCUT2D eigenvalue weighted by molar-refractivity contribution is -0.126. The first-order chi connectivity index (χ1) is 9.84. The fourth-order valence-electron chi connectivity index (χ4n) is 3.87. The molecule has 1 aliphatic heterocycles. The van der Waals surface area contributed by atoms with Crippen molar-refractivity contribution in [2.45, 2.75) is 56.9 Å². The highest BCUT2D eigenvalue weighted by Crippen LogP contribution is 2.37. The smallest absolute Gasteiger partial charge is 0.137 e. The molecule has 1 aromatic rings. The molecule has 3 unspecified atom stereocenters. The van der Waals surface area contributed by atoms with Crippen molar-refractivity contribution >= 4 is 5.78 Å². The van der Waals surface area contributed by atoms with Crippen LogP contribution < -0.4 is 5.32 Å². The van der Waals surface area contributed by atoms with Crippen molar-refractivity contribution in [2.75, 3.05) is 6.54 Å². The maximum atomic E-state index is 12.3. The van der Waals surface area contributed by atoms with Gasteiger partial charge < -0.3 is 5.32 Å². The molecule has 1 N–H and O–H groups in total. The van der Waals surface area contributed by atoms with Crippen LogP contribution in [0.4, 0.5) is 0 Å². The van der Waals surface area contributed by atoms with E-state index < -0.39 is 0 Å². The molecule has 0 spiro atoms. The number of carbonyl (C=O) groups is 1. The lowest BCUT2D eigenvalue weighted by atomic mass is 9.73. The van der Waals surface area contributed by atoms with Crippen molar-refractivity contribution in [3.05, 3.63) is 35.9 Å². The van der Waals surface area contributed by atoms with Crippen LogP contribution in [0, 0.1) is 5.92 Å². The van der Waals surface area contributed by atoms with Crippen LogP contribution in [-0.4, -0.2) is 18.4 Å². The van der Waals surface area contributed by atoms with Crippen molar-refractivity contribution in [1.29, 1.82) is 0 Å². The van der Waals surface area contributed by atoms with Crippen LogP contribution in [0.15, 0.2) is 30.3 Å². The molecule has 2 heteroatoms. The summed E-state index contributed by atoms with van der Waals surface area (Å²) < 4.78 is 0. The molecule has 0 amide bonds. The Morgan fingerprint density at radius 3 is 2.70 bits per heavy atom. The molecule has 1 saturated heterocycles. The van der Waals surface area contributed by atoms with E-state index in [1.165, 1.54) is 31.2 Å². The fraction of sp³-hybridized carbons (Fsp3) is 0.611. The van der Waals surface area contributed by atoms with E-state index in [4.69, 9.17) is 0 Å². The standard InChI is InChI=1S/C18H25NO/c20-18-11-10-15(14-7-3-1-4-8-14)13-16(18)17-9-5-2-6-12-19-17/h1,3-4,7-8,15-17,19H,2,5-6,9-13H2. The van der Waals surface area contributed by atoms with E-state index in [-0.39, 0.29) is 5.92 Å². The summed E-state index contributed by atoms with van der Waals surface area (Å²) in [6.07, 6.45) is 7.87. The van der Waals surface area contributed by atoms with Gasteiger partial charge in [0.25, 0.3) is 0 Å². The Kier molecular flexibility index (Phi) is 4.51. The SMILES string of the molecule is O=C1CCC(c2ccccc2)CC1C1CCCCCN1. The second kappa shape index (κ2) is 6.53. The molecule has 0 bridgehead atoms. The van der Waals surface area contributed by atoms with Crippen LogP contribution in [0.3, 0.4) is 0 Å². The molecule has 2 fully saturated rings. The lowest BCUT2D eigenvalue weighted by Gasteiger charge is -2.33. The molecular weight excluding hydrogens is 246 g/mol. The molecule has 1 heterocycles. The summed E-state index contributed by atoms with van der Waals surface area (Å²) >= 11 is 0. The Labute approximate surface area is 122 Å². The highest BCUT2D eigenvalue weighted by molar-refractivity contribution is 5.82. The Hall–Kier alpha value is -1.15. The first-order valence-electron chi connectivity index (χ1n) is 8.15. The molecule has 1 saturated carbocycles. The van der Waals surface area contributed by atoms with E-state index in [1.807, 2.05) is 0 Å². The molecule has 3 rings (SSSR count). The van der Waals surface area contributed by atoms with E-state index >= 15 is 0 Å². The minimum atomic E-state index is 0.243. The summed E-state index contributed by atoms with van der Waals surface area (Å²) in [5.41, 5.74) is 1.42. The molecule has 0 radical (unpaired) electrons. The van der Waals surface area contributed by atoms with Gasteiger partial charge in [0.1, 0.15) is 5.78 Å². The summed E-state index contributed by atoms with van der Waals surface area (Å²) in [6, 6.07) is 11.2. The average Bonchev–Trinajstić information content (AvgIpc) is 2.78. The molecule has 2 aliphatic rings. The molecule has 3 atom stereocenters. The molecule has 108 valence electrons. The maximum absolute atomic E-state index is 12.3. The zero-order chi connectivity index (χ0) is 13.8. The topological polar surface area (TPSA) is 29.1 Å². The number of nitrogens with one attached hydrogen (secondary N) is 1. The highest BCUT2D eigenvalue weighted by Gasteiger charge is 2.34. The fourth-order valence-corrected chi connectivity index (χ4v) is 3.87. The zero-order valence-electron chi connectivity index (χ0n) is 12.2. The van der Waals surface area contributed by atoms with E-state index in [0.717, 1.165) is 25.8 Å². The minimum absolute atomic E-state index is 0.243. The van der Waals surface area contributed by atoms with E-state index in [9.17, 15) is 4.79 Å². The quantitative estimate of drug-likeness (QED) is 0.889. The van der Waals surface area contributed by atoms with Gasteiger partial charge in [0, 0.05) is 18.4 Å². The molecular formula is C18H25NO. The molecule has 1 aromatic carbocycles. The minimum Gasteiger partial charge on any atom is -0.313 e. The number of Topliss-reactive ketones (excluding diaryl/α,β-unsaturated/α-hetero) is 1. The van der Waals surface area contributed by atoms with Gasteiger partial charge in [0.15, 0.2) is 0 Å². The van der Waals surface area contributed by atoms with Gasteiger partial charge in [-0.2, -0.15) is 0 Å². The van der Waals surface area contributed by atoms with E-state index in [2.05, 4.69) is 35.6 Å². The van der Waals surface area contributed by atoms with Gasteiger partial charge in [-0.05, 0) is 43.7 Å². The van der Waals surface area contributed by atoms with Gasteiger partial charge in [-0.25, -0.2) is 0 Å². The molecule has 2 nitrogen and oxygen atoms in total. The van der Waals surface area contributed by atoms with E-state index in [0.29, 0.717) is 17.7 Å². The van der Waals surface area contributed by atoms with Crippen LogP contribution >= 0.6 is 0 Å². The predicted molar refractivity (Wildman–Crippen MR) is 81.8 cm³/mol. The molecule has 1 aliphatic carbocycles. The largest absolute Gasteiger partial charge is 0.313 e. The number of hydrogen-bond donors (Lipinski definition) is 1. The van der Waals surface area contributed by atoms with Crippen molar-refractivity contribution in [2.24, 2.45) is 5.92 Å². The Balaban J connectivity index is 1.71. The van der Waals surface area contributed by atoms with Crippen LogP contribution in [-0.2, 0) is 4.79 Å². The average molecular weight is 271 g/mol. The predicted octanol–water partition coefficient (Wildman–Crippen LogP) is 3.67. The lowest BCUT2D eigenvalue weighted by Crippen LogP contribution is -2.42. The summed E-state index contributed by atoms with van der Waals surface area (Å²) in [5, 5.41) is 3.63. The normalized spacial score (nSPS) is 31.8. The van der Waals surface area contributed by atoms with Gasteiger partial charge in [-0.15, -0.1) is 0 Å². The van der Waals surface area contributed by atoms with Crippen molar-refractivity contribution in [3.8, 4) is 0 Å². The monoisotopic (exact) mass is 271 g/mol. The first-order valence-corrected chi connectivity index (χ1v) is 8.15. The third kappa shape index (κ3) is 3.12. The van der Waals surface area contributed by atoms with E-state index in [1.54, 1.807) is 0 Å². The van der Waals surface area contributed by atoms with Gasteiger partial charge in [-0.3, -0.25) is 4.79 Å². The highest BCUT2D eigenvalue weighted by atomic mass is 16.1. The second-order valence-electron chi connectivity index (χ2n) is 6.36. The summed E-state index contributed by atoms with van der Waals surface area (Å²) in [7, 11) is 0. The van der Waals surface area contributed by atoms with Crippen molar-refractivity contribution in [3.63, 3.8) is 0 Å². The number of carbonyl (C=O) groups excluding carboxylic acids is 1. The van der Waals surface area contributed by atoms with Gasteiger partial charge in [-0.1, -0.05) is 43.2 Å². The first kappa shape index (κ1) is 13.8. The Morgan fingerprint density at radius 1 is 1.00 bits per heavy atom. The van der Waals surface area contributed by atoms with Gasteiger partial charge in [0.2, 0.25) is 0 Å². The second-order valence-corrected chi connectivity index (χ2v) is 6.36. The molecule has 0 aromatic heterocycles. The molecule has 20 heavy (non-hydrogen) atoms. The number of ketones is 1. The zero-order valence-corrected chi connectivity index (χ0v) is 12.2. The van der Waals surface area contributed by atoms with Crippen molar-refractivity contribution < 1.29 is 4.79 Å². The number of rotatable bonds is 2. The van der Waals surface area contributed by atoms with Crippen molar-refractivity contribution in [1.82, 2.24) is 5.32 Å². The van der Waals surface area contributed by atoms with Gasteiger partial charge in [0.05, 0.1) is 0 Å². The van der Waals surface area contributed by atoms with Crippen LogP contribution in [0.5, 0.6) is 0 Å². The maximum Gasteiger partial charge on any atom is 0.137 e. The summed E-state index contributed by atoms with van der Waals surface area (Å²) in [4.78, 5) is 12.3. The third-order valence-corrected chi connectivity index (χ3v) is 5.05.